The normalized spacial score (nSPS) is 15.2. The Labute approximate surface area is 155 Å². The molecule has 0 bridgehead atoms. The highest BCUT2D eigenvalue weighted by molar-refractivity contribution is 7.71. The molecular weight excluding hydrogens is 348 g/mol. The molecule has 7 heteroatoms. The predicted octanol–water partition coefficient (Wildman–Crippen LogP) is 1.54. The van der Waals surface area contributed by atoms with E-state index < -0.39 is 16.5 Å². The van der Waals surface area contributed by atoms with Crippen LogP contribution in [0.15, 0.2) is 48.5 Å². The third-order valence-corrected chi connectivity index (χ3v) is 5.26. The number of hydrogen-bond acceptors (Lipinski definition) is 6. The van der Waals surface area contributed by atoms with Gasteiger partial charge in [0, 0.05) is 24.0 Å². The van der Waals surface area contributed by atoms with Gasteiger partial charge >= 0.3 is 0 Å². The molecule has 2 aromatic carbocycles. The van der Waals surface area contributed by atoms with Crippen LogP contribution in [0.25, 0.3) is 16.8 Å². The summed E-state index contributed by atoms with van der Waals surface area (Å²) in [4.78, 5) is 0. The Morgan fingerprint density at radius 1 is 1.00 bits per heavy atom. The van der Waals surface area contributed by atoms with Gasteiger partial charge in [-0.2, -0.15) is 0 Å². The molecule has 26 heavy (non-hydrogen) atoms. The van der Waals surface area contributed by atoms with E-state index in [1.807, 2.05) is 57.5 Å². The third-order valence-electron chi connectivity index (χ3n) is 4.63. The number of thiol groups is 1. The molecule has 138 valence electrons. The minimum absolute atomic E-state index is 0.0597. The van der Waals surface area contributed by atoms with Crippen LogP contribution < -0.4 is 21.3 Å². The van der Waals surface area contributed by atoms with E-state index in [0.717, 1.165) is 33.6 Å². The summed E-state index contributed by atoms with van der Waals surface area (Å²) in [6, 6.07) is 13.8. The zero-order chi connectivity index (χ0) is 18.7. The quantitative estimate of drug-likeness (QED) is 0.391. The van der Waals surface area contributed by atoms with Gasteiger partial charge in [0.2, 0.25) is 0 Å². The number of likely N-dealkylation sites (N-methyl/N-ethyl adjacent to an activating group) is 2. The van der Waals surface area contributed by atoms with Gasteiger partial charge in [0.25, 0.3) is 0 Å². The molecule has 0 aliphatic carbocycles. The first kappa shape index (κ1) is 18.4. The van der Waals surface area contributed by atoms with E-state index in [1.54, 1.807) is 0 Å². The highest BCUT2D eigenvalue weighted by Gasteiger charge is 2.29. The second-order valence-corrected chi connectivity index (χ2v) is 7.17. The number of benzene rings is 2. The van der Waals surface area contributed by atoms with Crippen LogP contribution in [0.4, 0.5) is 5.69 Å². The highest BCUT2D eigenvalue weighted by atomic mass is 32.2. The zero-order valence-electron chi connectivity index (χ0n) is 15.1. The van der Waals surface area contributed by atoms with E-state index in [-0.39, 0.29) is 5.75 Å². The Balaban J connectivity index is 2.03. The molecule has 1 aliphatic rings. The van der Waals surface area contributed by atoms with Crippen LogP contribution in [0, 0.1) is 0 Å². The zero-order valence-corrected chi connectivity index (χ0v) is 16.0. The maximum absolute atomic E-state index is 11.0. The van der Waals surface area contributed by atoms with Crippen molar-refractivity contribution in [3.63, 3.8) is 0 Å². The van der Waals surface area contributed by atoms with Crippen LogP contribution in [0.3, 0.4) is 0 Å². The Morgan fingerprint density at radius 3 is 2.38 bits per heavy atom. The van der Waals surface area contributed by atoms with Crippen LogP contribution in [0.2, 0.25) is 0 Å². The predicted molar refractivity (Wildman–Crippen MR) is 107 cm³/mol. The number of rotatable bonds is 6. The SMILES string of the molecule is CNC1=CC(NC)(NC)Nc2ccc(-c3cccc(C[SH](=O)=O)c3)cc21. The van der Waals surface area contributed by atoms with Crippen molar-refractivity contribution in [1.29, 1.82) is 0 Å². The van der Waals surface area contributed by atoms with Gasteiger partial charge in [0.1, 0.15) is 10.7 Å². The Morgan fingerprint density at radius 2 is 1.73 bits per heavy atom. The molecular formula is C19H24N4O2S. The Hall–Kier alpha value is -2.35. The molecule has 0 fully saturated rings. The summed E-state index contributed by atoms with van der Waals surface area (Å²) in [5, 5.41) is 13.2. The van der Waals surface area contributed by atoms with Crippen LogP contribution in [-0.4, -0.2) is 35.3 Å². The highest BCUT2D eigenvalue weighted by Crippen LogP contribution is 2.34. The lowest BCUT2D eigenvalue weighted by atomic mass is 9.96. The van der Waals surface area contributed by atoms with Crippen LogP contribution in [-0.2, 0) is 16.5 Å². The average Bonchev–Trinajstić information content (AvgIpc) is 2.66. The molecule has 6 nitrogen and oxygen atoms in total. The van der Waals surface area contributed by atoms with E-state index in [0.29, 0.717) is 0 Å². The average molecular weight is 372 g/mol. The molecule has 1 aliphatic heterocycles. The first-order valence-corrected chi connectivity index (χ1v) is 9.78. The lowest BCUT2D eigenvalue weighted by Gasteiger charge is -2.37. The van der Waals surface area contributed by atoms with Crippen molar-refractivity contribution in [2.24, 2.45) is 0 Å². The fourth-order valence-electron chi connectivity index (χ4n) is 3.20. The summed E-state index contributed by atoms with van der Waals surface area (Å²) < 4.78 is 22.0. The van der Waals surface area contributed by atoms with Gasteiger partial charge < -0.3 is 10.6 Å². The minimum Gasteiger partial charge on any atom is -0.388 e. The topological polar surface area (TPSA) is 82.3 Å². The first-order valence-electron chi connectivity index (χ1n) is 8.42. The molecule has 0 saturated carbocycles. The third kappa shape index (κ3) is 3.60. The summed E-state index contributed by atoms with van der Waals surface area (Å²) >= 11 is 0. The number of fused-ring (bicyclic) bond motifs is 1. The molecule has 0 aromatic heterocycles. The van der Waals surface area contributed by atoms with Gasteiger partial charge in [-0.05, 0) is 49.0 Å². The van der Waals surface area contributed by atoms with Crippen LogP contribution >= 0.6 is 0 Å². The van der Waals surface area contributed by atoms with Crippen molar-refractivity contribution in [3.8, 4) is 11.1 Å². The maximum Gasteiger partial charge on any atom is 0.165 e. The molecule has 0 amide bonds. The van der Waals surface area contributed by atoms with E-state index in [9.17, 15) is 8.42 Å². The van der Waals surface area contributed by atoms with E-state index in [2.05, 4.69) is 33.4 Å². The van der Waals surface area contributed by atoms with Crippen LogP contribution in [0.1, 0.15) is 11.1 Å². The summed E-state index contributed by atoms with van der Waals surface area (Å²) in [5.41, 5.74) is 5.90. The second-order valence-electron chi connectivity index (χ2n) is 6.19. The van der Waals surface area contributed by atoms with Crippen LogP contribution in [0.5, 0.6) is 0 Å². The van der Waals surface area contributed by atoms with Gasteiger partial charge in [-0.3, -0.25) is 10.6 Å². The van der Waals surface area contributed by atoms with E-state index >= 15 is 0 Å². The van der Waals surface area contributed by atoms with Gasteiger partial charge in [0.05, 0.1) is 5.75 Å². The van der Waals surface area contributed by atoms with Crippen molar-refractivity contribution in [2.45, 2.75) is 11.5 Å². The standard InChI is InChI=1S/C19H24N4O2S/c1-20-18-11-19(21-2,22-3)23-17-8-7-15(10-16(17)18)14-6-4-5-13(9-14)12-26(24)25/h4-11,20-23,26H,12H2,1-3H3. The minimum atomic E-state index is -2.43. The molecule has 3 rings (SSSR count). The second kappa shape index (κ2) is 7.49. The number of nitrogens with one attached hydrogen (secondary N) is 4. The molecule has 0 saturated heterocycles. The molecule has 0 spiro atoms. The fourth-order valence-corrected chi connectivity index (χ4v) is 3.69. The number of anilines is 1. The molecule has 1 heterocycles. The molecule has 0 unspecified atom stereocenters. The summed E-state index contributed by atoms with van der Waals surface area (Å²) in [6.07, 6.45) is 2.07. The molecule has 2 aromatic rings. The smallest absolute Gasteiger partial charge is 0.165 e. The van der Waals surface area contributed by atoms with Crippen molar-refractivity contribution >= 4 is 22.1 Å². The van der Waals surface area contributed by atoms with E-state index in [4.69, 9.17) is 0 Å². The van der Waals surface area contributed by atoms with Crippen molar-refractivity contribution in [1.82, 2.24) is 16.0 Å². The monoisotopic (exact) mass is 372 g/mol. The first-order chi connectivity index (χ1) is 12.5. The van der Waals surface area contributed by atoms with Gasteiger partial charge in [0.15, 0.2) is 5.79 Å². The summed E-state index contributed by atoms with van der Waals surface area (Å²) in [6.45, 7) is 0. The van der Waals surface area contributed by atoms with Gasteiger partial charge in [-0.15, -0.1) is 0 Å². The number of hydrogen-bond donors (Lipinski definition) is 5. The van der Waals surface area contributed by atoms with E-state index in [1.165, 1.54) is 0 Å². The molecule has 0 radical (unpaired) electrons. The van der Waals surface area contributed by atoms with Crippen molar-refractivity contribution in [2.75, 3.05) is 26.5 Å². The van der Waals surface area contributed by atoms with Gasteiger partial charge in [-0.1, -0.05) is 30.3 Å². The Kier molecular flexibility index (Phi) is 5.31. The van der Waals surface area contributed by atoms with Crippen molar-refractivity contribution < 1.29 is 8.42 Å². The van der Waals surface area contributed by atoms with Gasteiger partial charge in [-0.25, -0.2) is 8.42 Å². The summed E-state index contributed by atoms with van der Waals surface area (Å²) in [5.74, 6) is -0.462. The maximum atomic E-state index is 11.0. The van der Waals surface area contributed by atoms with Crippen molar-refractivity contribution in [3.05, 3.63) is 59.7 Å². The molecule has 4 N–H and O–H groups in total. The lowest BCUT2D eigenvalue weighted by Crippen LogP contribution is -2.60. The summed E-state index contributed by atoms with van der Waals surface area (Å²) in [7, 11) is 3.24. The Bertz CT molecular complexity index is 910. The fraction of sp³-hybridized carbons (Fsp3) is 0.263. The molecule has 0 atom stereocenters. The lowest BCUT2D eigenvalue weighted by molar-refractivity contribution is 0.424. The largest absolute Gasteiger partial charge is 0.388 e.